The van der Waals surface area contributed by atoms with E-state index in [0.29, 0.717) is 24.0 Å². The standard InChI is InChI=1S/C20H27N3O3/c1-14(2)26-17-8-6-16(7-9-17)23-20(21)22-12-11-15-5-10-18(24-3)19(13-15)25-4/h5-10,13-14H,11-12H2,1-4H3,(H3,21,22,23). The Hall–Kier alpha value is -2.89. The van der Waals surface area contributed by atoms with Gasteiger partial charge in [0, 0.05) is 12.2 Å². The highest BCUT2D eigenvalue weighted by Crippen LogP contribution is 2.27. The van der Waals surface area contributed by atoms with Crippen LogP contribution < -0.4 is 25.3 Å². The van der Waals surface area contributed by atoms with Crippen LogP contribution in [0.4, 0.5) is 5.69 Å². The molecule has 140 valence electrons. The number of nitrogens with one attached hydrogen (secondary N) is 1. The maximum absolute atomic E-state index is 5.95. The predicted octanol–water partition coefficient (Wildman–Crippen LogP) is 3.46. The zero-order valence-corrected chi connectivity index (χ0v) is 15.8. The van der Waals surface area contributed by atoms with Gasteiger partial charge < -0.3 is 25.3 Å². The second kappa shape index (κ2) is 9.56. The van der Waals surface area contributed by atoms with Gasteiger partial charge in [-0.15, -0.1) is 0 Å². The maximum atomic E-state index is 5.95. The first kappa shape index (κ1) is 19.4. The second-order valence-corrected chi connectivity index (χ2v) is 6.02. The third kappa shape index (κ3) is 5.88. The molecule has 6 nitrogen and oxygen atoms in total. The lowest BCUT2D eigenvalue weighted by Crippen LogP contribution is -2.23. The molecule has 2 rings (SSSR count). The molecule has 0 heterocycles. The Balaban J connectivity index is 1.88. The minimum Gasteiger partial charge on any atom is -0.493 e. The highest BCUT2D eigenvalue weighted by molar-refractivity contribution is 5.92. The van der Waals surface area contributed by atoms with Gasteiger partial charge in [-0.2, -0.15) is 0 Å². The summed E-state index contributed by atoms with van der Waals surface area (Å²) in [5.74, 6) is 2.63. The van der Waals surface area contributed by atoms with Crippen LogP contribution in [-0.2, 0) is 6.42 Å². The molecule has 0 bridgehead atoms. The molecule has 26 heavy (non-hydrogen) atoms. The summed E-state index contributed by atoms with van der Waals surface area (Å²) >= 11 is 0. The highest BCUT2D eigenvalue weighted by atomic mass is 16.5. The number of ether oxygens (including phenoxy) is 3. The third-order valence-corrected chi connectivity index (χ3v) is 3.63. The molecule has 2 aromatic carbocycles. The van der Waals surface area contributed by atoms with Crippen molar-refractivity contribution in [3.63, 3.8) is 0 Å². The fourth-order valence-electron chi connectivity index (χ4n) is 2.42. The van der Waals surface area contributed by atoms with Gasteiger partial charge in [-0.25, -0.2) is 0 Å². The van der Waals surface area contributed by atoms with Gasteiger partial charge in [-0.3, -0.25) is 4.99 Å². The Morgan fingerprint density at radius 3 is 2.35 bits per heavy atom. The maximum Gasteiger partial charge on any atom is 0.193 e. The average Bonchev–Trinajstić information content (AvgIpc) is 2.62. The minimum atomic E-state index is 0.150. The lowest BCUT2D eigenvalue weighted by Gasteiger charge is -2.11. The Morgan fingerprint density at radius 2 is 1.73 bits per heavy atom. The fourth-order valence-corrected chi connectivity index (χ4v) is 2.42. The van der Waals surface area contributed by atoms with Crippen LogP contribution in [0.15, 0.2) is 47.5 Å². The predicted molar refractivity (Wildman–Crippen MR) is 106 cm³/mol. The number of anilines is 1. The van der Waals surface area contributed by atoms with E-state index in [1.54, 1.807) is 14.2 Å². The van der Waals surface area contributed by atoms with Crippen molar-refractivity contribution >= 4 is 11.6 Å². The third-order valence-electron chi connectivity index (χ3n) is 3.63. The molecule has 0 radical (unpaired) electrons. The topological polar surface area (TPSA) is 78.1 Å². The van der Waals surface area contributed by atoms with Gasteiger partial charge in [0.05, 0.1) is 20.3 Å². The van der Waals surface area contributed by atoms with Crippen molar-refractivity contribution < 1.29 is 14.2 Å². The summed E-state index contributed by atoms with van der Waals surface area (Å²) < 4.78 is 16.2. The normalized spacial score (nSPS) is 11.3. The molecule has 0 aliphatic carbocycles. The summed E-state index contributed by atoms with van der Waals surface area (Å²) in [5.41, 5.74) is 7.93. The summed E-state index contributed by atoms with van der Waals surface area (Å²) in [6.45, 7) is 4.56. The number of methoxy groups -OCH3 is 2. The van der Waals surface area contributed by atoms with Crippen molar-refractivity contribution in [2.75, 3.05) is 26.1 Å². The van der Waals surface area contributed by atoms with E-state index in [-0.39, 0.29) is 6.10 Å². The number of benzene rings is 2. The largest absolute Gasteiger partial charge is 0.493 e. The van der Waals surface area contributed by atoms with E-state index in [2.05, 4.69) is 10.3 Å². The molecule has 0 amide bonds. The van der Waals surface area contributed by atoms with Crippen molar-refractivity contribution in [2.45, 2.75) is 26.4 Å². The molecule has 6 heteroatoms. The van der Waals surface area contributed by atoms with Gasteiger partial charge in [0.25, 0.3) is 0 Å². The van der Waals surface area contributed by atoms with E-state index in [9.17, 15) is 0 Å². The fraction of sp³-hybridized carbons (Fsp3) is 0.350. The summed E-state index contributed by atoms with van der Waals surface area (Å²) in [7, 11) is 3.24. The molecule has 0 fully saturated rings. The molecular formula is C20H27N3O3. The molecule has 0 aliphatic rings. The molecule has 3 N–H and O–H groups in total. The van der Waals surface area contributed by atoms with E-state index in [0.717, 1.165) is 23.4 Å². The monoisotopic (exact) mass is 357 g/mol. The zero-order chi connectivity index (χ0) is 18.9. The van der Waals surface area contributed by atoms with Gasteiger partial charge in [0.1, 0.15) is 5.75 Å². The first-order chi connectivity index (χ1) is 12.5. The second-order valence-electron chi connectivity index (χ2n) is 6.02. The van der Waals surface area contributed by atoms with Crippen LogP contribution in [0.25, 0.3) is 0 Å². The number of nitrogens with two attached hydrogens (primary N) is 1. The zero-order valence-electron chi connectivity index (χ0n) is 15.8. The Bertz CT molecular complexity index is 728. The Kier molecular flexibility index (Phi) is 7.14. The Morgan fingerprint density at radius 1 is 1.04 bits per heavy atom. The summed E-state index contributed by atoms with van der Waals surface area (Å²) in [6, 6.07) is 13.5. The van der Waals surface area contributed by atoms with Crippen LogP contribution in [-0.4, -0.2) is 32.8 Å². The number of guanidine groups is 1. The van der Waals surface area contributed by atoms with Gasteiger partial charge in [-0.05, 0) is 62.2 Å². The minimum absolute atomic E-state index is 0.150. The quantitative estimate of drug-likeness (QED) is 0.559. The smallest absolute Gasteiger partial charge is 0.193 e. The van der Waals surface area contributed by atoms with Crippen LogP contribution in [0.3, 0.4) is 0 Å². The van der Waals surface area contributed by atoms with E-state index < -0.39 is 0 Å². The average molecular weight is 357 g/mol. The number of hydrogen-bond acceptors (Lipinski definition) is 4. The molecule has 0 atom stereocenters. The lowest BCUT2D eigenvalue weighted by atomic mass is 10.1. The van der Waals surface area contributed by atoms with E-state index in [1.165, 1.54) is 0 Å². The molecule has 2 aromatic rings. The van der Waals surface area contributed by atoms with E-state index >= 15 is 0 Å². The molecule has 0 aromatic heterocycles. The first-order valence-corrected chi connectivity index (χ1v) is 8.56. The van der Waals surface area contributed by atoms with Crippen LogP contribution in [0, 0.1) is 0 Å². The molecule has 0 saturated heterocycles. The van der Waals surface area contributed by atoms with E-state index in [4.69, 9.17) is 19.9 Å². The van der Waals surface area contributed by atoms with Crippen molar-refractivity contribution in [1.82, 2.24) is 0 Å². The van der Waals surface area contributed by atoms with Crippen molar-refractivity contribution in [3.05, 3.63) is 48.0 Å². The number of aliphatic imine (C=N–C) groups is 1. The Labute approximate surface area is 155 Å². The highest BCUT2D eigenvalue weighted by Gasteiger charge is 2.04. The van der Waals surface area contributed by atoms with Crippen LogP contribution in [0.5, 0.6) is 17.2 Å². The molecule has 0 saturated carbocycles. The van der Waals surface area contributed by atoms with Crippen molar-refractivity contribution in [3.8, 4) is 17.2 Å². The summed E-state index contributed by atoms with van der Waals surface area (Å²) in [6.07, 6.45) is 0.904. The summed E-state index contributed by atoms with van der Waals surface area (Å²) in [5, 5.41) is 3.08. The first-order valence-electron chi connectivity index (χ1n) is 8.56. The van der Waals surface area contributed by atoms with Crippen LogP contribution in [0.2, 0.25) is 0 Å². The molecule has 0 aliphatic heterocycles. The van der Waals surface area contributed by atoms with Gasteiger partial charge in [0.15, 0.2) is 17.5 Å². The van der Waals surface area contributed by atoms with Gasteiger partial charge in [-0.1, -0.05) is 6.07 Å². The SMILES string of the molecule is COc1ccc(CCN=C(N)Nc2ccc(OC(C)C)cc2)cc1OC. The molecule has 0 unspecified atom stereocenters. The number of nitrogens with zero attached hydrogens (tertiary/aromatic N) is 1. The van der Waals surface area contributed by atoms with Crippen LogP contribution in [0.1, 0.15) is 19.4 Å². The van der Waals surface area contributed by atoms with Crippen LogP contribution >= 0.6 is 0 Å². The number of rotatable bonds is 8. The molecule has 0 spiro atoms. The molecular weight excluding hydrogens is 330 g/mol. The van der Waals surface area contributed by atoms with Crippen molar-refractivity contribution in [1.29, 1.82) is 0 Å². The summed E-state index contributed by atoms with van der Waals surface area (Å²) in [4.78, 5) is 4.36. The number of hydrogen-bond donors (Lipinski definition) is 2. The van der Waals surface area contributed by atoms with Crippen molar-refractivity contribution in [2.24, 2.45) is 10.7 Å². The lowest BCUT2D eigenvalue weighted by molar-refractivity contribution is 0.242. The van der Waals surface area contributed by atoms with Gasteiger partial charge in [0.2, 0.25) is 0 Å². The van der Waals surface area contributed by atoms with Gasteiger partial charge >= 0.3 is 0 Å². The van der Waals surface area contributed by atoms with E-state index in [1.807, 2.05) is 56.3 Å².